The number of piperazine rings is 1. The summed E-state index contributed by atoms with van der Waals surface area (Å²) in [7, 11) is 0. The number of halogens is 1. The lowest BCUT2D eigenvalue weighted by atomic mass is 10.2. The van der Waals surface area contributed by atoms with Gasteiger partial charge in [0.05, 0.1) is 13.1 Å². The van der Waals surface area contributed by atoms with Crippen molar-refractivity contribution in [2.45, 2.75) is 53.3 Å². The third-order valence-corrected chi connectivity index (χ3v) is 5.13. The molecule has 0 saturated carbocycles. The summed E-state index contributed by atoms with van der Waals surface area (Å²) >= 11 is 6.24. The van der Waals surface area contributed by atoms with Gasteiger partial charge in [0.2, 0.25) is 11.2 Å². The molecule has 0 aliphatic carbocycles. The first-order chi connectivity index (χ1) is 15.2. The molecule has 1 amide bonds. The second kappa shape index (κ2) is 9.54. The highest BCUT2D eigenvalue weighted by molar-refractivity contribution is 6.28. The minimum Gasteiger partial charge on any atom is -0.444 e. The molecule has 2 aromatic heterocycles. The molecule has 1 fully saturated rings. The van der Waals surface area contributed by atoms with Gasteiger partial charge in [-0.25, -0.2) is 4.79 Å². The molecule has 3 heterocycles. The summed E-state index contributed by atoms with van der Waals surface area (Å²) in [5.41, 5.74) is -0.261. The van der Waals surface area contributed by atoms with Gasteiger partial charge < -0.3 is 14.5 Å². The molecule has 0 bridgehead atoms. The number of carbonyl (C=O) groups is 1. The van der Waals surface area contributed by atoms with Crippen LogP contribution in [0.3, 0.4) is 0 Å². The largest absolute Gasteiger partial charge is 0.444 e. The van der Waals surface area contributed by atoms with E-state index in [-0.39, 0.29) is 35.7 Å². The molecule has 1 aliphatic rings. The fourth-order valence-corrected chi connectivity index (χ4v) is 3.55. The van der Waals surface area contributed by atoms with E-state index in [1.54, 1.807) is 23.3 Å². The lowest BCUT2D eigenvalue weighted by Gasteiger charge is -2.36. The standard InChI is InChI=1S/C22H27ClN6O3/c1-6-8-10-28-16-17(24-19(23)29(18(16)30)11-9-7-2)25-20(28)26-12-14-27(15-13-26)21(31)32-22(3,4)5/h10-15H2,1-5H3. The number of rotatable bonds is 3. The monoisotopic (exact) mass is 458 g/mol. The van der Waals surface area contributed by atoms with E-state index in [2.05, 4.69) is 33.6 Å². The van der Waals surface area contributed by atoms with Crippen molar-refractivity contribution in [1.29, 1.82) is 0 Å². The van der Waals surface area contributed by atoms with Crippen LogP contribution in [0.25, 0.3) is 11.2 Å². The highest BCUT2D eigenvalue weighted by Crippen LogP contribution is 2.22. The van der Waals surface area contributed by atoms with Crippen LogP contribution < -0.4 is 10.5 Å². The summed E-state index contributed by atoms with van der Waals surface area (Å²) < 4.78 is 8.55. The van der Waals surface area contributed by atoms with Crippen molar-refractivity contribution < 1.29 is 9.53 Å². The molecular formula is C22H27ClN6O3. The minimum absolute atomic E-state index is 0.0396. The molecule has 170 valence electrons. The van der Waals surface area contributed by atoms with Gasteiger partial charge >= 0.3 is 6.09 Å². The Kier molecular flexibility index (Phi) is 7.00. The van der Waals surface area contributed by atoms with Crippen LogP contribution >= 0.6 is 11.6 Å². The van der Waals surface area contributed by atoms with Crippen molar-refractivity contribution in [1.82, 2.24) is 24.0 Å². The van der Waals surface area contributed by atoms with Gasteiger partial charge in [-0.15, -0.1) is 11.8 Å². The number of aromatic nitrogens is 4. The molecule has 3 rings (SSSR count). The average molecular weight is 459 g/mol. The fraction of sp³-hybridized carbons (Fsp3) is 0.545. The molecule has 9 nitrogen and oxygen atoms in total. The van der Waals surface area contributed by atoms with Crippen LogP contribution in [-0.2, 0) is 17.8 Å². The van der Waals surface area contributed by atoms with Gasteiger partial charge in [0.25, 0.3) is 5.56 Å². The molecule has 0 radical (unpaired) electrons. The Bertz CT molecular complexity index is 1190. The number of hydrogen-bond donors (Lipinski definition) is 0. The van der Waals surface area contributed by atoms with E-state index in [0.29, 0.717) is 37.6 Å². The predicted octanol–water partition coefficient (Wildman–Crippen LogP) is 2.35. The summed E-state index contributed by atoms with van der Waals surface area (Å²) in [5.74, 6) is 12.0. The van der Waals surface area contributed by atoms with Crippen LogP contribution in [0.1, 0.15) is 34.6 Å². The number of amides is 1. The topological polar surface area (TPSA) is 85.5 Å². The number of imidazole rings is 1. The van der Waals surface area contributed by atoms with Crippen molar-refractivity contribution in [3.8, 4) is 23.7 Å². The summed E-state index contributed by atoms with van der Waals surface area (Å²) in [6.45, 7) is 11.4. The lowest BCUT2D eigenvalue weighted by molar-refractivity contribution is 0.0240. The Balaban J connectivity index is 1.95. The molecule has 1 saturated heterocycles. The van der Waals surface area contributed by atoms with E-state index in [1.165, 1.54) is 4.57 Å². The quantitative estimate of drug-likeness (QED) is 0.518. The average Bonchev–Trinajstić information content (AvgIpc) is 3.09. The molecule has 0 aromatic carbocycles. The molecule has 0 N–H and O–H groups in total. The predicted molar refractivity (Wildman–Crippen MR) is 124 cm³/mol. The van der Waals surface area contributed by atoms with Crippen molar-refractivity contribution in [2.24, 2.45) is 0 Å². The van der Waals surface area contributed by atoms with Gasteiger partial charge in [0, 0.05) is 26.2 Å². The SMILES string of the molecule is CC#CCn1c(Cl)nc2nc(N3CCN(C(=O)OC(C)(C)C)CC3)n(CC#CC)c2c1=O. The second-order valence-electron chi connectivity index (χ2n) is 8.25. The van der Waals surface area contributed by atoms with Crippen molar-refractivity contribution >= 4 is 34.8 Å². The van der Waals surface area contributed by atoms with Crippen LogP contribution in [0, 0.1) is 23.7 Å². The van der Waals surface area contributed by atoms with Gasteiger partial charge in [-0.05, 0) is 46.2 Å². The van der Waals surface area contributed by atoms with Crippen molar-refractivity contribution in [2.75, 3.05) is 31.1 Å². The number of nitrogens with zero attached hydrogens (tertiary/aromatic N) is 6. The Morgan fingerprint density at radius 1 is 1.03 bits per heavy atom. The van der Waals surface area contributed by atoms with Gasteiger partial charge in [-0.3, -0.25) is 13.9 Å². The van der Waals surface area contributed by atoms with Crippen LogP contribution in [0.4, 0.5) is 10.7 Å². The zero-order valence-electron chi connectivity index (χ0n) is 19.0. The lowest BCUT2D eigenvalue weighted by Crippen LogP contribution is -2.50. The third kappa shape index (κ3) is 5.00. The molecule has 2 aromatic rings. The van der Waals surface area contributed by atoms with E-state index in [0.717, 1.165) is 0 Å². The van der Waals surface area contributed by atoms with Crippen molar-refractivity contribution in [3.05, 3.63) is 15.6 Å². The summed E-state index contributed by atoms with van der Waals surface area (Å²) in [6, 6.07) is 0. The maximum absolute atomic E-state index is 13.2. The summed E-state index contributed by atoms with van der Waals surface area (Å²) in [4.78, 5) is 38.2. The molecule has 0 atom stereocenters. The Hall–Kier alpha value is -3.17. The Morgan fingerprint density at radius 2 is 1.62 bits per heavy atom. The van der Waals surface area contributed by atoms with E-state index in [1.807, 2.05) is 25.7 Å². The Labute approximate surface area is 192 Å². The summed E-state index contributed by atoms with van der Waals surface area (Å²) in [6.07, 6.45) is -0.337. The molecule has 0 spiro atoms. The zero-order chi connectivity index (χ0) is 23.5. The van der Waals surface area contributed by atoms with E-state index >= 15 is 0 Å². The molecule has 0 unspecified atom stereocenters. The van der Waals surface area contributed by atoms with Gasteiger partial charge in [0.15, 0.2) is 11.2 Å². The van der Waals surface area contributed by atoms with E-state index in [9.17, 15) is 9.59 Å². The molecular weight excluding hydrogens is 432 g/mol. The first-order valence-electron chi connectivity index (χ1n) is 10.3. The maximum atomic E-state index is 13.2. The van der Waals surface area contributed by atoms with Gasteiger partial charge in [-0.2, -0.15) is 9.97 Å². The fourth-order valence-electron chi connectivity index (χ4n) is 3.34. The van der Waals surface area contributed by atoms with Gasteiger partial charge in [0.1, 0.15) is 5.60 Å². The van der Waals surface area contributed by atoms with Crippen molar-refractivity contribution in [3.63, 3.8) is 0 Å². The highest BCUT2D eigenvalue weighted by Gasteiger charge is 2.29. The van der Waals surface area contributed by atoms with Crippen LogP contribution in [0.15, 0.2) is 4.79 Å². The minimum atomic E-state index is -0.548. The summed E-state index contributed by atoms with van der Waals surface area (Å²) in [5, 5.41) is 0.0396. The third-order valence-electron chi connectivity index (χ3n) is 4.84. The molecule has 10 heteroatoms. The van der Waals surface area contributed by atoms with Crippen LogP contribution in [-0.4, -0.2) is 61.9 Å². The zero-order valence-corrected chi connectivity index (χ0v) is 19.8. The first kappa shape index (κ1) is 23.5. The number of ether oxygens (including phenoxy) is 1. The number of carbonyl (C=O) groups excluding carboxylic acids is 1. The normalized spacial score (nSPS) is 13.9. The maximum Gasteiger partial charge on any atom is 0.410 e. The first-order valence-corrected chi connectivity index (χ1v) is 10.7. The van der Waals surface area contributed by atoms with Gasteiger partial charge in [-0.1, -0.05) is 11.8 Å². The van der Waals surface area contributed by atoms with Crippen LogP contribution in [0.5, 0.6) is 0 Å². The number of anilines is 1. The smallest absolute Gasteiger partial charge is 0.410 e. The second-order valence-corrected chi connectivity index (χ2v) is 8.59. The van der Waals surface area contributed by atoms with E-state index in [4.69, 9.17) is 16.3 Å². The number of fused-ring (bicyclic) bond motifs is 1. The molecule has 32 heavy (non-hydrogen) atoms. The molecule has 1 aliphatic heterocycles. The number of hydrogen-bond acceptors (Lipinski definition) is 6. The highest BCUT2D eigenvalue weighted by atomic mass is 35.5. The van der Waals surface area contributed by atoms with Crippen LogP contribution in [0.2, 0.25) is 5.28 Å². The Morgan fingerprint density at radius 3 is 2.19 bits per heavy atom. The van der Waals surface area contributed by atoms with E-state index < -0.39 is 5.60 Å².